The molecular formula is C20H26F3NO4. The molecule has 1 unspecified atom stereocenters. The molecule has 0 bridgehead atoms. The summed E-state index contributed by atoms with van der Waals surface area (Å²) in [6.07, 6.45) is -2.81. The zero-order valence-electron chi connectivity index (χ0n) is 16.3. The van der Waals surface area contributed by atoms with E-state index >= 15 is 0 Å². The lowest BCUT2D eigenvalue weighted by atomic mass is 10.1. The molecule has 0 saturated carbocycles. The molecule has 28 heavy (non-hydrogen) atoms. The van der Waals surface area contributed by atoms with Crippen LogP contribution in [0, 0.1) is 0 Å². The Morgan fingerprint density at radius 1 is 1.36 bits per heavy atom. The first-order chi connectivity index (χ1) is 13.0. The van der Waals surface area contributed by atoms with Crippen LogP contribution in [0.15, 0.2) is 24.8 Å². The smallest absolute Gasteiger partial charge is 0.422 e. The Morgan fingerprint density at radius 2 is 2.07 bits per heavy atom. The zero-order chi connectivity index (χ0) is 20.9. The van der Waals surface area contributed by atoms with Crippen molar-refractivity contribution in [1.82, 2.24) is 4.90 Å². The zero-order valence-corrected chi connectivity index (χ0v) is 16.3. The average molecular weight is 401 g/mol. The fourth-order valence-corrected chi connectivity index (χ4v) is 2.76. The minimum absolute atomic E-state index is 0.0395. The second-order valence-electron chi connectivity index (χ2n) is 7.60. The van der Waals surface area contributed by atoms with E-state index in [0.29, 0.717) is 30.8 Å². The van der Waals surface area contributed by atoms with E-state index in [1.807, 2.05) is 0 Å². The highest BCUT2D eigenvalue weighted by molar-refractivity contribution is 5.69. The maximum Gasteiger partial charge on any atom is 0.422 e. The van der Waals surface area contributed by atoms with Gasteiger partial charge >= 0.3 is 12.3 Å². The Hall–Kier alpha value is -2.22. The van der Waals surface area contributed by atoms with E-state index in [9.17, 15) is 18.0 Å². The topological polar surface area (TPSA) is 48.0 Å². The Balaban J connectivity index is 2.30. The number of halogens is 3. The first-order valence-electron chi connectivity index (χ1n) is 9.01. The van der Waals surface area contributed by atoms with Gasteiger partial charge in [-0.05, 0) is 44.9 Å². The molecule has 0 aliphatic carbocycles. The van der Waals surface area contributed by atoms with Crippen molar-refractivity contribution in [2.75, 3.05) is 19.8 Å². The lowest BCUT2D eigenvalue weighted by Gasteiger charge is -2.31. The molecule has 156 valence electrons. The van der Waals surface area contributed by atoms with Crippen LogP contribution in [0.2, 0.25) is 0 Å². The Labute approximate surface area is 163 Å². The third kappa shape index (κ3) is 6.74. The first-order valence-corrected chi connectivity index (χ1v) is 9.01. The van der Waals surface area contributed by atoms with Crippen molar-refractivity contribution in [3.63, 3.8) is 0 Å². The van der Waals surface area contributed by atoms with Crippen LogP contribution in [0.25, 0.3) is 6.08 Å². The highest BCUT2D eigenvalue weighted by Crippen LogP contribution is 2.28. The summed E-state index contributed by atoms with van der Waals surface area (Å²) in [5.41, 5.74) is 0.452. The van der Waals surface area contributed by atoms with E-state index in [2.05, 4.69) is 6.58 Å². The number of carbonyl (C=O) groups is 1. The van der Waals surface area contributed by atoms with E-state index in [0.717, 1.165) is 0 Å². The Kier molecular flexibility index (Phi) is 6.98. The van der Waals surface area contributed by atoms with Crippen LogP contribution >= 0.6 is 0 Å². The molecule has 1 aromatic carbocycles. The fraction of sp³-hybridized carbons (Fsp3) is 0.550. The second-order valence-corrected chi connectivity index (χ2v) is 7.60. The number of hydrogen-bond acceptors (Lipinski definition) is 4. The van der Waals surface area contributed by atoms with Crippen molar-refractivity contribution in [1.29, 1.82) is 0 Å². The molecule has 2 rings (SSSR count). The van der Waals surface area contributed by atoms with Gasteiger partial charge < -0.3 is 14.2 Å². The summed E-state index contributed by atoms with van der Waals surface area (Å²) < 4.78 is 53.6. The number of benzene rings is 1. The molecule has 8 heteroatoms. The van der Waals surface area contributed by atoms with E-state index in [1.165, 1.54) is 11.0 Å². The fourth-order valence-electron chi connectivity index (χ4n) is 2.76. The molecule has 1 saturated heterocycles. The minimum atomic E-state index is -4.46. The van der Waals surface area contributed by atoms with Gasteiger partial charge in [-0.25, -0.2) is 4.79 Å². The van der Waals surface area contributed by atoms with Gasteiger partial charge in [-0.2, -0.15) is 13.2 Å². The molecule has 0 spiro atoms. The third-order valence-electron chi connectivity index (χ3n) is 4.03. The van der Waals surface area contributed by atoms with E-state index in [1.54, 1.807) is 39.0 Å². The maximum absolute atomic E-state index is 12.7. The monoisotopic (exact) mass is 401 g/mol. The Bertz CT molecular complexity index is 692. The number of alkyl halides is 3. The van der Waals surface area contributed by atoms with Crippen LogP contribution in [0.5, 0.6) is 5.75 Å². The van der Waals surface area contributed by atoms with Crippen molar-refractivity contribution < 1.29 is 32.2 Å². The molecule has 0 aromatic heterocycles. The van der Waals surface area contributed by atoms with Crippen molar-refractivity contribution >= 4 is 12.2 Å². The van der Waals surface area contributed by atoms with Crippen LogP contribution in [0.3, 0.4) is 0 Å². The summed E-state index contributed by atoms with van der Waals surface area (Å²) >= 11 is 0. The Morgan fingerprint density at radius 3 is 2.61 bits per heavy atom. The lowest BCUT2D eigenvalue weighted by molar-refractivity contribution is -0.153. The number of amides is 1. The summed E-state index contributed by atoms with van der Waals surface area (Å²) in [6, 6.07) is 4.50. The molecule has 1 amide bonds. The van der Waals surface area contributed by atoms with Gasteiger partial charge in [0.1, 0.15) is 11.4 Å². The summed E-state index contributed by atoms with van der Waals surface area (Å²) in [6.45, 7) is 8.43. The van der Waals surface area contributed by atoms with E-state index in [-0.39, 0.29) is 18.3 Å². The van der Waals surface area contributed by atoms with E-state index in [4.69, 9.17) is 14.2 Å². The number of hydrogen-bond donors (Lipinski definition) is 0. The van der Waals surface area contributed by atoms with Gasteiger partial charge in [-0.3, -0.25) is 4.90 Å². The number of carbonyl (C=O) groups excluding carboxylic acids is 1. The van der Waals surface area contributed by atoms with Crippen molar-refractivity contribution in [2.45, 2.75) is 51.6 Å². The summed E-state index contributed by atoms with van der Waals surface area (Å²) in [5, 5.41) is 0. The molecular weight excluding hydrogens is 375 g/mol. The van der Waals surface area contributed by atoms with Gasteiger partial charge in [0.15, 0.2) is 6.61 Å². The van der Waals surface area contributed by atoms with Crippen LogP contribution < -0.4 is 4.74 Å². The second kappa shape index (κ2) is 8.86. The van der Waals surface area contributed by atoms with Crippen LogP contribution in [0.1, 0.15) is 38.3 Å². The van der Waals surface area contributed by atoms with Gasteiger partial charge in [0.05, 0.1) is 19.2 Å². The highest BCUT2D eigenvalue weighted by atomic mass is 19.4. The molecule has 1 atom stereocenters. The van der Waals surface area contributed by atoms with Crippen molar-refractivity contribution in [3.05, 3.63) is 35.9 Å². The highest BCUT2D eigenvalue weighted by Gasteiger charge is 2.33. The molecule has 1 aliphatic heterocycles. The predicted molar refractivity (Wildman–Crippen MR) is 99.1 cm³/mol. The van der Waals surface area contributed by atoms with Crippen molar-refractivity contribution in [3.8, 4) is 5.75 Å². The van der Waals surface area contributed by atoms with Crippen LogP contribution in [0.4, 0.5) is 18.0 Å². The summed E-state index contributed by atoms with van der Waals surface area (Å²) in [4.78, 5) is 14.2. The largest absolute Gasteiger partial charge is 0.484 e. The van der Waals surface area contributed by atoms with Crippen molar-refractivity contribution in [2.24, 2.45) is 0 Å². The normalized spacial score (nSPS) is 17.3. The number of rotatable bonds is 6. The van der Waals surface area contributed by atoms with Crippen LogP contribution in [-0.2, 0) is 16.0 Å². The molecule has 1 fully saturated rings. The average Bonchev–Trinajstić information content (AvgIpc) is 3.10. The quantitative estimate of drug-likeness (QED) is 0.687. The van der Waals surface area contributed by atoms with Crippen LogP contribution in [-0.4, -0.2) is 48.6 Å². The van der Waals surface area contributed by atoms with Gasteiger partial charge in [-0.1, -0.05) is 18.7 Å². The number of ether oxygens (including phenoxy) is 3. The van der Waals surface area contributed by atoms with Gasteiger partial charge in [0.2, 0.25) is 0 Å². The molecule has 5 nitrogen and oxygen atoms in total. The lowest BCUT2D eigenvalue weighted by Crippen LogP contribution is -2.43. The first kappa shape index (κ1) is 22.1. The summed E-state index contributed by atoms with van der Waals surface area (Å²) in [5.74, 6) is 0.0652. The van der Waals surface area contributed by atoms with Gasteiger partial charge in [0, 0.05) is 12.2 Å². The SMILES string of the molecule is C=Cc1ccc(OCC(F)(F)F)c(CN(C(=O)OC(C)(C)C)C2CCOC2)c1. The maximum atomic E-state index is 12.7. The standard InChI is InChI=1S/C20H26F3NO4/c1-5-14-6-7-17(27-13-20(21,22)23)15(10-14)11-24(16-8-9-26-12-16)18(25)28-19(2,3)4/h5-7,10,16H,1,8-9,11-13H2,2-4H3. The van der Waals surface area contributed by atoms with E-state index < -0.39 is 24.5 Å². The molecule has 1 aliphatic rings. The molecule has 1 heterocycles. The molecule has 1 aromatic rings. The summed E-state index contributed by atoms with van der Waals surface area (Å²) in [7, 11) is 0. The number of nitrogens with zero attached hydrogens (tertiary/aromatic N) is 1. The van der Waals surface area contributed by atoms with Gasteiger partial charge in [0.25, 0.3) is 0 Å². The molecule has 0 N–H and O–H groups in total. The minimum Gasteiger partial charge on any atom is -0.484 e. The predicted octanol–water partition coefficient (Wildman–Crippen LogP) is 4.80. The molecule has 0 radical (unpaired) electrons. The third-order valence-corrected chi connectivity index (χ3v) is 4.03. The van der Waals surface area contributed by atoms with Gasteiger partial charge in [-0.15, -0.1) is 0 Å².